The second-order valence-corrected chi connectivity index (χ2v) is 6.31. The number of ether oxygens (including phenoxy) is 1. The van der Waals surface area contributed by atoms with Crippen LogP contribution < -0.4 is 10.6 Å². The Bertz CT molecular complexity index is 429. The standard InChI is InChI=1S/C17H28N2O3/c1-17(2,3)22-16(21)19-11-7-10-18-15(13-20)12-14-8-5-4-6-9-14/h4-6,8-9,15,18,20H,7,10-13H2,1-3H3,(H,19,21)/t15-/m1/s1. The van der Waals surface area contributed by atoms with Crippen molar-refractivity contribution in [1.29, 1.82) is 0 Å². The van der Waals surface area contributed by atoms with Crippen LogP contribution in [0.3, 0.4) is 0 Å². The molecular formula is C17H28N2O3. The van der Waals surface area contributed by atoms with E-state index in [2.05, 4.69) is 10.6 Å². The molecule has 0 radical (unpaired) electrons. The second kappa shape index (κ2) is 9.43. The van der Waals surface area contributed by atoms with Gasteiger partial charge in [0, 0.05) is 12.6 Å². The molecule has 0 unspecified atom stereocenters. The van der Waals surface area contributed by atoms with Crippen LogP contribution in [0.5, 0.6) is 0 Å². The Hall–Kier alpha value is -1.59. The minimum Gasteiger partial charge on any atom is -0.444 e. The van der Waals surface area contributed by atoms with Crippen LogP contribution in [0.2, 0.25) is 0 Å². The van der Waals surface area contributed by atoms with E-state index in [-0.39, 0.29) is 12.6 Å². The fraction of sp³-hybridized carbons (Fsp3) is 0.588. The van der Waals surface area contributed by atoms with Gasteiger partial charge in [0.1, 0.15) is 5.60 Å². The summed E-state index contributed by atoms with van der Waals surface area (Å²) in [4.78, 5) is 11.5. The molecule has 0 aliphatic heterocycles. The van der Waals surface area contributed by atoms with Gasteiger partial charge in [0.2, 0.25) is 0 Å². The first-order valence-corrected chi connectivity index (χ1v) is 7.76. The molecule has 124 valence electrons. The predicted octanol–water partition coefficient (Wildman–Crippen LogP) is 2.09. The van der Waals surface area contributed by atoms with Gasteiger partial charge in [0.05, 0.1) is 6.61 Å². The van der Waals surface area contributed by atoms with Gasteiger partial charge in [-0.25, -0.2) is 4.79 Å². The molecule has 1 amide bonds. The van der Waals surface area contributed by atoms with Crippen molar-refractivity contribution in [2.75, 3.05) is 19.7 Å². The summed E-state index contributed by atoms with van der Waals surface area (Å²) in [6.45, 7) is 6.88. The quantitative estimate of drug-likeness (QED) is 0.643. The van der Waals surface area contributed by atoms with Gasteiger partial charge in [-0.15, -0.1) is 0 Å². The molecule has 0 fully saturated rings. The highest BCUT2D eigenvalue weighted by atomic mass is 16.6. The van der Waals surface area contributed by atoms with Crippen LogP contribution in [0, 0.1) is 0 Å². The van der Waals surface area contributed by atoms with Crippen LogP contribution in [-0.4, -0.2) is 42.5 Å². The van der Waals surface area contributed by atoms with Crippen molar-refractivity contribution in [1.82, 2.24) is 10.6 Å². The summed E-state index contributed by atoms with van der Waals surface area (Å²) in [5.41, 5.74) is 0.723. The Morgan fingerprint density at radius 3 is 2.50 bits per heavy atom. The van der Waals surface area contributed by atoms with Gasteiger partial charge in [-0.3, -0.25) is 0 Å². The summed E-state index contributed by atoms with van der Waals surface area (Å²) in [5.74, 6) is 0. The average Bonchev–Trinajstić information content (AvgIpc) is 2.45. The molecular weight excluding hydrogens is 280 g/mol. The molecule has 5 heteroatoms. The molecule has 1 rings (SSSR count). The lowest BCUT2D eigenvalue weighted by atomic mass is 10.1. The number of alkyl carbamates (subject to hydrolysis) is 1. The molecule has 1 aromatic rings. The zero-order valence-corrected chi connectivity index (χ0v) is 13.8. The summed E-state index contributed by atoms with van der Waals surface area (Å²) in [7, 11) is 0. The minimum atomic E-state index is -0.472. The smallest absolute Gasteiger partial charge is 0.407 e. The number of nitrogens with one attached hydrogen (secondary N) is 2. The molecule has 5 nitrogen and oxygen atoms in total. The zero-order valence-electron chi connectivity index (χ0n) is 13.8. The molecule has 1 aromatic carbocycles. The van der Waals surface area contributed by atoms with E-state index < -0.39 is 11.7 Å². The topological polar surface area (TPSA) is 70.6 Å². The zero-order chi connectivity index (χ0) is 16.4. The highest BCUT2D eigenvalue weighted by Gasteiger charge is 2.15. The number of amides is 1. The van der Waals surface area contributed by atoms with Crippen LogP contribution in [0.15, 0.2) is 30.3 Å². The van der Waals surface area contributed by atoms with Crippen molar-refractivity contribution in [2.24, 2.45) is 0 Å². The molecule has 0 aliphatic rings. The largest absolute Gasteiger partial charge is 0.444 e. The lowest BCUT2D eigenvalue weighted by Gasteiger charge is -2.20. The molecule has 1 atom stereocenters. The monoisotopic (exact) mass is 308 g/mol. The predicted molar refractivity (Wildman–Crippen MR) is 87.9 cm³/mol. The number of rotatable bonds is 8. The number of carbonyl (C=O) groups is 1. The number of hydrogen-bond acceptors (Lipinski definition) is 4. The van der Waals surface area contributed by atoms with Gasteiger partial charge < -0.3 is 20.5 Å². The van der Waals surface area contributed by atoms with Crippen molar-refractivity contribution in [3.05, 3.63) is 35.9 Å². The van der Waals surface area contributed by atoms with E-state index in [0.29, 0.717) is 6.54 Å². The van der Waals surface area contributed by atoms with E-state index in [1.54, 1.807) is 0 Å². The van der Waals surface area contributed by atoms with Gasteiger partial charge in [-0.1, -0.05) is 30.3 Å². The summed E-state index contributed by atoms with van der Waals surface area (Å²) in [5, 5.41) is 15.4. The van der Waals surface area contributed by atoms with E-state index in [0.717, 1.165) is 19.4 Å². The third-order valence-corrected chi connectivity index (χ3v) is 3.00. The van der Waals surface area contributed by atoms with E-state index in [1.807, 2.05) is 51.1 Å². The minimum absolute atomic E-state index is 0.0314. The van der Waals surface area contributed by atoms with Crippen molar-refractivity contribution >= 4 is 6.09 Å². The molecule has 0 saturated heterocycles. The molecule has 0 aliphatic carbocycles. The van der Waals surface area contributed by atoms with Crippen LogP contribution in [0.4, 0.5) is 4.79 Å². The van der Waals surface area contributed by atoms with Crippen molar-refractivity contribution in [3.63, 3.8) is 0 Å². The van der Waals surface area contributed by atoms with E-state index >= 15 is 0 Å². The normalized spacial score (nSPS) is 12.7. The summed E-state index contributed by atoms with van der Waals surface area (Å²) in [6, 6.07) is 10.1. The molecule has 3 N–H and O–H groups in total. The fourth-order valence-corrected chi connectivity index (χ4v) is 2.00. The number of aliphatic hydroxyl groups is 1. The summed E-state index contributed by atoms with van der Waals surface area (Å²) < 4.78 is 5.16. The van der Waals surface area contributed by atoms with Crippen molar-refractivity contribution in [3.8, 4) is 0 Å². The van der Waals surface area contributed by atoms with Gasteiger partial charge in [0.15, 0.2) is 0 Å². The molecule has 0 bridgehead atoms. The van der Waals surface area contributed by atoms with E-state index in [1.165, 1.54) is 5.56 Å². The summed E-state index contributed by atoms with van der Waals surface area (Å²) in [6.07, 6.45) is 1.18. The first-order valence-electron chi connectivity index (χ1n) is 7.76. The Balaban J connectivity index is 2.16. The fourth-order valence-electron chi connectivity index (χ4n) is 2.00. The van der Waals surface area contributed by atoms with Gasteiger partial charge >= 0.3 is 6.09 Å². The van der Waals surface area contributed by atoms with Crippen molar-refractivity contribution < 1.29 is 14.6 Å². The molecule has 0 heterocycles. The SMILES string of the molecule is CC(C)(C)OC(=O)NCCCN[C@@H](CO)Cc1ccccc1. The highest BCUT2D eigenvalue weighted by Crippen LogP contribution is 2.06. The highest BCUT2D eigenvalue weighted by molar-refractivity contribution is 5.67. The molecule has 22 heavy (non-hydrogen) atoms. The van der Waals surface area contributed by atoms with Crippen LogP contribution in [-0.2, 0) is 11.2 Å². The summed E-state index contributed by atoms with van der Waals surface area (Å²) >= 11 is 0. The van der Waals surface area contributed by atoms with E-state index in [4.69, 9.17) is 4.74 Å². The maximum Gasteiger partial charge on any atom is 0.407 e. The average molecular weight is 308 g/mol. The second-order valence-electron chi connectivity index (χ2n) is 6.31. The first kappa shape index (κ1) is 18.5. The van der Waals surface area contributed by atoms with Gasteiger partial charge in [-0.2, -0.15) is 0 Å². The van der Waals surface area contributed by atoms with Crippen LogP contribution in [0.1, 0.15) is 32.8 Å². The Kier molecular flexibility index (Phi) is 7.91. The maximum atomic E-state index is 11.5. The number of hydrogen-bond donors (Lipinski definition) is 3. The third-order valence-electron chi connectivity index (χ3n) is 3.00. The Morgan fingerprint density at radius 1 is 1.23 bits per heavy atom. The van der Waals surface area contributed by atoms with Crippen molar-refractivity contribution in [2.45, 2.75) is 45.3 Å². The van der Waals surface area contributed by atoms with Gasteiger partial charge in [0.25, 0.3) is 0 Å². The number of aliphatic hydroxyl groups excluding tert-OH is 1. The molecule has 0 aromatic heterocycles. The maximum absolute atomic E-state index is 11.5. The number of benzene rings is 1. The van der Waals surface area contributed by atoms with Crippen LogP contribution >= 0.6 is 0 Å². The Morgan fingerprint density at radius 2 is 1.91 bits per heavy atom. The van der Waals surface area contributed by atoms with Crippen LogP contribution in [0.25, 0.3) is 0 Å². The lowest BCUT2D eigenvalue weighted by Crippen LogP contribution is -2.37. The lowest BCUT2D eigenvalue weighted by molar-refractivity contribution is 0.0527. The number of carbonyl (C=O) groups excluding carboxylic acids is 1. The first-order chi connectivity index (χ1) is 10.4. The molecule has 0 spiro atoms. The molecule has 0 saturated carbocycles. The Labute approximate surface area is 133 Å². The third kappa shape index (κ3) is 8.64. The van der Waals surface area contributed by atoms with E-state index in [9.17, 15) is 9.90 Å². The van der Waals surface area contributed by atoms with Gasteiger partial charge in [-0.05, 0) is 45.7 Å².